The molecule has 0 spiro atoms. The van der Waals surface area contributed by atoms with Crippen LogP contribution in [0.5, 0.6) is 0 Å². The van der Waals surface area contributed by atoms with E-state index >= 15 is 0 Å². The number of carboxylic acid groups (broad SMARTS) is 1. The Kier molecular flexibility index (Phi) is 8.67. The highest BCUT2D eigenvalue weighted by atomic mass is 19.1. The molecule has 1 aromatic rings. The predicted octanol–water partition coefficient (Wildman–Crippen LogP) is 2.05. The highest BCUT2D eigenvalue weighted by Crippen LogP contribution is 2.19. The molecule has 0 aliphatic carbocycles. The van der Waals surface area contributed by atoms with E-state index in [1.54, 1.807) is 17.0 Å². The standard InChI is InChI=1S/C19H28FN3O.CH2O2/c1-21-10-5-4-7-17(21)9-11-22-12-13-23(19(24)15-22)14-16-6-2-3-8-18(16)20;2-1-3/h2-3,6,8,17H,4-5,7,9-15H2,1H3;1H,(H,2,3). The third-order valence-electron chi connectivity index (χ3n) is 5.42. The van der Waals surface area contributed by atoms with Gasteiger partial charge in [-0.15, -0.1) is 0 Å². The number of piperidine rings is 1. The largest absolute Gasteiger partial charge is 0.483 e. The zero-order chi connectivity index (χ0) is 19.6. The van der Waals surface area contributed by atoms with Crippen LogP contribution in [0.3, 0.4) is 0 Å². The van der Waals surface area contributed by atoms with Crippen LogP contribution in [0.2, 0.25) is 0 Å². The zero-order valence-electron chi connectivity index (χ0n) is 16.0. The molecule has 7 heteroatoms. The number of benzene rings is 1. The molecule has 0 saturated carbocycles. The van der Waals surface area contributed by atoms with E-state index in [-0.39, 0.29) is 18.2 Å². The molecule has 2 heterocycles. The number of carbonyl (C=O) groups is 2. The van der Waals surface area contributed by atoms with Gasteiger partial charge in [-0.3, -0.25) is 14.5 Å². The van der Waals surface area contributed by atoms with Crippen LogP contribution in [0.15, 0.2) is 24.3 Å². The van der Waals surface area contributed by atoms with Crippen molar-refractivity contribution in [1.29, 1.82) is 0 Å². The van der Waals surface area contributed by atoms with Crippen molar-refractivity contribution >= 4 is 12.4 Å². The fourth-order valence-electron chi connectivity index (χ4n) is 3.79. The number of piperazine rings is 1. The van der Waals surface area contributed by atoms with Gasteiger partial charge in [0.25, 0.3) is 6.47 Å². The smallest absolute Gasteiger partial charge is 0.290 e. The fraction of sp³-hybridized carbons (Fsp3) is 0.600. The summed E-state index contributed by atoms with van der Waals surface area (Å²) >= 11 is 0. The lowest BCUT2D eigenvalue weighted by molar-refractivity contribution is -0.136. The molecule has 1 unspecified atom stereocenters. The molecule has 1 amide bonds. The molecule has 1 atom stereocenters. The molecule has 150 valence electrons. The minimum atomic E-state index is -0.250. The van der Waals surface area contributed by atoms with Crippen LogP contribution in [-0.4, -0.2) is 78.0 Å². The Bertz CT molecular complexity index is 614. The second kappa shape index (κ2) is 11.0. The average Bonchev–Trinajstić information content (AvgIpc) is 2.65. The molecule has 1 N–H and O–H groups in total. The minimum absolute atomic E-state index is 0.113. The van der Waals surface area contributed by atoms with Crippen LogP contribution in [-0.2, 0) is 16.1 Å². The van der Waals surface area contributed by atoms with Crippen LogP contribution < -0.4 is 0 Å². The SMILES string of the molecule is CN1CCCCC1CCN1CCN(Cc2ccccc2F)C(=O)C1.O=CO. The lowest BCUT2D eigenvalue weighted by atomic mass is 10.00. The van der Waals surface area contributed by atoms with Gasteiger partial charge in [0.15, 0.2) is 0 Å². The van der Waals surface area contributed by atoms with E-state index in [9.17, 15) is 9.18 Å². The van der Waals surface area contributed by atoms with Crippen molar-refractivity contribution in [1.82, 2.24) is 14.7 Å². The predicted molar refractivity (Wildman–Crippen MR) is 102 cm³/mol. The Labute approximate surface area is 160 Å². The van der Waals surface area contributed by atoms with Crippen LogP contribution in [0.4, 0.5) is 4.39 Å². The summed E-state index contributed by atoms with van der Waals surface area (Å²) in [6, 6.07) is 7.37. The topological polar surface area (TPSA) is 64.1 Å². The van der Waals surface area contributed by atoms with Gasteiger partial charge in [0.2, 0.25) is 5.91 Å². The van der Waals surface area contributed by atoms with Crippen molar-refractivity contribution in [3.63, 3.8) is 0 Å². The molecule has 3 rings (SSSR count). The second-order valence-corrected chi connectivity index (χ2v) is 7.21. The first kappa shape index (κ1) is 21.3. The van der Waals surface area contributed by atoms with Crippen molar-refractivity contribution in [3.8, 4) is 0 Å². The monoisotopic (exact) mass is 379 g/mol. The van der Waals surface area contributed by atoms with Gasteiger partial charge in [-0.1, -0.05) is 24.6 Å². The molecule has 0 bridgehead atoms. The van der Waals surface area contributed by atoms with E-state index in [1.165, 1.54) is 31.9 Å². The molecule has 0 aromatic heterocycles. The number of halogens is 1. The van der Waals surface area contributed by atoms with Crippen LogP contribution in [0, 0.1) is 5.82 Å². The van der Waals surface area contributed by atoms with E-state index < -0.39 is 0 Å². The molecule has 2 saturated heterocycles. The van der Waals surface area contributed by atoms with Crippen molar-refractivity contribution in [3.05, 3.63) is 35.6 Å². The van der Waals surface area contributed by atoms with Crippen LogP contribution in [0.1, 0.15) is 31.2 Å². The summed E-state index contributed by atoms with van der Waals surface area (Å²) in [4.78, 5) is 27.2. The summed E-state index contributed by atoms with van der Waals surface area (Å²) in [6.45, 7) is 4.34. The first-order chi connectivity index (χ1) is 13.0. The molecular formula is C20H30FN3O3. The minimum Gasteiger partial charge on any atom is -0.483 e. The third-order valence-corrected chi connectivity index (χ3v) is 5.42. The van der Waals surface area contributed by atoms with E-state index in [2.05, 4.69) is 16.8 Å². The molecule has 2 fully saturated rings. The summed E-state index contributed by atoms with van der Waals surface area (Å²) in [5.41, 5.74) is 0.600. The van der Waals surface area contributed by atoms with E-state index in [1.807, 2.05) is 6.07 Å². The molecule has 6 nitrogen and oxygen atoms in total. The molecular weight excluding hydrogens is 349 g/mol. The Morgan fingerprint density at radius 2 is 1.96 bits per heavy atom. The highest BCUT2D eigenvalue weighted by Gasteiger charge is 2.26. The van der Waals surface area contributed by atoms with Gasteiger partial charge in [-0.25, -0.2) is 4.39 Å². The van der Waals surface area contributed by atoms with Crippen molar-refractivity contribution in [2.45, 2.75) is 38.3 Å². The number of hydrogen-bond acceptors (Lipinski definition) is 4. The molecule has 0 radical (unpaired) electrons. The molecule has 1 aromatic carbocycles. The van der Waals surface area contributed by atoms with Crippen molar-refractivity contribution in [2.24, 2.45) is 0 Å². The van der Waals surface area contributed by atoms with Gasteiger partial charge in [-0.05, 0) is 38.9 Å². The lowest BCUT2D eigenvalue weighted by Gasteiger charge is -2.37. The molecule has 2 aliphatic heterocycles. The summed E-state index contributed by atoms with van der Waals surface area (Å²) in [5.74, 6) is -0.116. The van der Waals surface area contributed by atoms with Gasteiger partial charge < -0.3 is 14.9 Å². The molecule has 27 heavy (non-hydrogen) atoms. The maximum absolute atomic E-state index is 13.8. The van der Waals surface area contributed by atoms with Crippen molar-refractivity contribution in [2.75, 3.05) is 39.8 Å². The normalized spacial score (nSPS) is 21.5. The average molecular weight is 379 g/mol. The first-order valence-electron chi connectivity index (χ1n) is 9.56. The van der Waals surface area contributed by atoms with Gasteiger partial charge >= 0.3 is 0 Å². The fourth-order valence-corrected chi connectivity index (χ4v) is 3.79. The molecule has 2 aliphatic rings. The zero-order valence-corrected chi connectivity index (χ0v) is 16.0. The van der Waals surface area contributed by atoms with Crippen molar-refractivity contribution < 1.29 is 19.1 Å². The summed E-state index contributed by atoms with van der Waals surface area (Å²) in [6.07, 6.45) is 5.04. The van der Waals surface area contributed by atoms with Crippen LogP contribution >= 0.6 is 0 Å². The summed E-state index contributed by atoms with van der Waals surface area (Å²) in [5, 5.41) is 6.89. The Balaban J connectivity index is 0.000000817. The second-order valence-electron chi connectivity index (χ2n) is 7.21. The maximum atomic E-state index is 13.8. The Hall–Kier alpha value is -1.99. The highest BCUT2D eigenvalue weighted by molar-refractivity contribution is 5.79. The number of carbonyl (C=O) groups excluding carboxylic acids is 1. The van der Waals surface area contributed by atoms with E-state index in [0.717, 1.165) is 19.5 Å². The van der Waals surface area contributed by atoms with Gasteiger partial charge in [-0.2, -0.15) is 0 Å². The number of nitrogens with zero attached hydrogens (tertiary/aromatic N) is 3. The number of rotatable bonds is 5. The quantitative estimate of drug-likeness (QED) is 0.794. The van der Waals surface area contributed by atoms with Gasteiger partial charge in [0.1, 0.15) is 5.82 Å². The first-order valence-corrected chi connectivity index (χ1v) is 9.56. The van der Waals surface area contributed by atoms with Gasteiger partial charge in [0, 0.05) is 37.8 Å². The lowest BCUT2D eigenvalue weighted by Crippen LogP contribution is -2.51. The van der Waals surface area contributed by atoms with Crippen LogP contribution in [0.25, 0.3) is 0 Å². The summed E-state index contributed by atoms with van der Waals surface area (Å²) < 4.78 is 13.8. The Morgan fingerprint density at radius 1 is 1.22 bits per heavy atom. The van der Waals surface area contributed by atoms with E-state index in [0.29, 0.717) is 31.2 Å². The number of hydrogen-bond donors (Lipinski definition) is 1. The number of amides is 1. The summed E-state index contributed by atoms with van der Waals surface area (Å²) in [7, 11) is 2.21. The maximum Gasteiger partial charge on any atom is 0.290 e. The third kappa shape index (κ3) is 6.59. The van der Waals surface area contributed by atoms with Gasteiger partial charge in [0.05, 0.1) is 6.54 Å². The van der Waals surface area contributed by atoms with E-state index in [4.69, 9.17) is 9.90 Å². The Morgan fingerprint density at radius 3 is 2.63 bits per heavy atom. The number of likely N-dealkylation sites (tertiary alicyclic amines) is 1.